The van der Waals surface area contributed by atoms with Crippen molar-refractivity contribution in [1.82, 2.24) is 5.32 Å². The summed E-state index contributed by atoms with van der Waals surface area (Å²) in [5.41, 5.74) is 1.47. The normalized spacial score (nSPS) is 11.3. The van der Waals surface area contributed by atoms with Gasteiger partial charge < -0.3 is 10.6 Å². The van der Waals surface area contributed by atoms with E-state index in [-0.39, 0.29) is 12.3 Å². The molecule has 0 atom stereocenters. The van der Waals surface area contributed by atoms with E-state index in [0.29, 0.717) is 17.8 Å². The fourth-order valence-electron chi connectivity index (χ4n) is 2.25. The van der Waals surface area contributed by atoms with Crippen LogP contribution >= 0.6 is 0 Å². The molecule has 0 spiro atoms. The number of para-hydroxylation sites is 1. The van der Waals surface area contributed by atoms with Crippen LogP contribution in [0.5, 0.6) is 0 Å². The monoisotopic (exact) mass is 336 g/mol. The van der Waals surface area contributed by atoms with Crippen LogP contribution in [-0.4, -0.2) is 12.5 Å². The summed E-state index contributed by atoms with van der Waals surface area (Å²) < 4.78 is 37.6. The van der Waals surface area contributed by atoms with Crippen molar-refractivity contribution < 1.29 is 18.0 Å². The summed E-state index contributed by atoms with van der Waals surface area (Å²) in [6.07, 6.45) is -4.35. The molecule has 0 aliphatic carbocycles. The number of rotatable bonds is 6. The van der Waals surface area contributed by atoms with Crippen molar-refractivity contribution in [1.29, 1.82) is 0 Å². The van der Waals surface area contributed by atoms with E-state index in [4.69, 9.17) is 0 Å². The number of hydrogen-bond donors (Lipinski definition) is 2. The molecule has 0 aliphatic heterocycles. The van der Waals surface area contributed by atoms with Crippen molar-refractivity contribution >= 4 is 11.6 Å². The van der Waals surface area contributed by atoms with Gasteiger partial charge in [0.05, 0.1) is 12.0 Å². The van der Waals surface area contributed by atoms with Crippen molar-refractivity contribution in [2.75, 3.05) is 11.9 Å². The highest BCUT2D eigenvalue weighted by Gasteiger charge is 2.29. The predicted molar refractivity (Wildman–Crippen MR) is 87.6 cm³/mol. The largest absolute Gasteiger partial charge is 0.416 e. The Hall–Kier alpha value is -2.34. The number of alkyl halides is 3. The standard InChI is InChI=1S/C18H19F3N2O/c1-2-22-12-14-5-3-4-6-16(14)23-17(24)11-13-7-9-15(10-8-13)18(19,20)21/h3-10,22H,2,11-12H2,1H3,(H,23,24). The molecule has 0 bridgehead atoms. The fourth-order valence-corrected chi connectivity index (χ4v) is 2.25. The lowest BCUT2D eigenvalue weighted by molar-refractivity contribution is -0.137. The zero-order chi connectivity index (χ0) is 17.6. The van der Waals surface area contributed by atoms with Crippen LogP contribution in [0.4, 0.5) is 18.9 Å². The number of anilines is 1. The van der Waals surface area contributed by atoms with Crippen LogP contribution in [-0.2, 0) is 23.9 Å². The van der Waals surface area contributed by atoms with Gasteiger partial charge in [-0.25, -0.2) is 0 Å². The molecule has 6 heteroatoms. The Morgan fingerprint density at radius 1 is 1.04 bits per heavy atom. The van der Waals surface area contributed by atoms with E-state index < -0.39 is 11.7 Å². The predicted octanol–water partition coefficient (Wildman–Crippen LogP) is 4.00. The molecular formula is C18H19F3N2O. The average molecular weight is 336 g/mol. The average Bonchev–Trinajstić information content (AvgIpc) is 2.53. The van der Waals surface area contributed by atoms with Gasteiger partial charge in [-0.2, -0.15) is 13.2 Å². The van der Waals surface area contributed by atoms with E-state index in [1.54, 1.807) is 6.07 Å². The van der Waals surface area contributed by atoms with Crippen LogP contribution in [0.25, 0.3) is 0 Å². The molecule has 2 aromatic rings. The molecule has 2 rings (SSSR count). The zero-order valence-electron chi connectivity index (χ0n) is 13.3. The first kappa shape index (κ1) is 18.0. The number of halogens is 3. The Kier molecular flexibility index (Phi) is 5.98. The number of carbonyl (C=O) groups is 1. The molecule has 0 saturated carbocycles. The van der Waals surface area contributed by atoms with Gasteiger partial charge in [-0.05, 0) is 35.9 Å². The molecule has 0 fully saturated rings. The number of hydrogen-bond acceptors (Lipinski definition) is 2. The van der Waals surface area contributed by atoms with Gasteiger partial charge in [-0.3, -0.25) is 4.79 Å². The summed E-state index contributed by atoms with van der Waals surface area (Å²) in [5, 5.41) is 6.00. The van der Waals surface area contributed by atoms with Gasteiger partial charge in [0.25, 0.3) is 0 Å². The lowest BCUT2D eigenvalue weighted by atomic mass is 10.1. The van der Waals surface area contributed by atoms with Crippen LogP contribution in [0.15, 0.2) is 48.5 Å². The second-order valence-corrected chi connectivity index (χ2v) is 5.36. The van der Waals surface area contributed by atoms with Crippen molar-refractivity contribution in [3.05, 3.63) is 65.2 Å². The van der Waals surface area contributed by atoms with Gasteiger partial charge in [-0.15, -0.1) is 0 Å². The van der Waals surface area contributed by atoms with Gasteiger partial charge in [0, 0.05) is 12.2 Å². The quantitative estimate of drug-likeness (QED) is 0.837. The number of nitrogens with one attached hydrogen (secondary N) is 2. The minimum atomic E-state index is -4.37. The topological polar surface area (TPSA) is 41.1 Å². The molecule has 0 heterocycles. The Bertz CT molecular complexity index is 681. The third-order valence-electron chi connectivity index (χ3n) is 3.50. The molecule has 3 nitrogen and oxygen atoms in total. The lowest BCUT2D eigenvalue weighted by Crippen LogP contribution is -2.18. The van der Waals surface area contributed by atoms with E-state index in [2.05, 4.69) is 10.6 Å². The Morgan fingerprint density at radius 3 is 2.33 bits per heavy atom. The maximum Gasteiger partial charge on any atom is 0.416 e. The lowest BCUT2D eigenvalue weighted by Gasteiger charge is -2.12. The summed E-state index contributed by atoms with van der Waals surface area (Å²) in [6.45, 7) is 3.44. The van der Waals surface area contributed by atoms with Crippen LogP contribution in [0.3, 0.4) is 0 Å². The molecule has 0 saturated heterocycles. The second-order valence-electron chi connectivity index (χ2n) is 5.36. The zero-order valence-corrected chi connectivity index (χ0v) is 13.3. The van der Waals surface area contributed by atoms with Gasteiger partial charge >= 0.3 is 6.18 Å². The van der Waals surface area contributed by atoms with Crippen LogP contribution in [0, 0.1) is 0 Å². The molecule has 0 unspecified atom stereocenters. The second kappa shape index (κ2) is 7.97. The molecule has 128 valence electrons. The van der Waals surface area contributed by atoms with E-state index >= 15 is 0 Å². The summed E-state index contributed by atoms with van der Waals surface area (Å²) in [6, 6.07) is 12.1. The van der Waals surface area contributed by atoms with E-state index in [0.717, 1.165) is 24.2 Å². The van der Waals surface area contributed by atoms with Crippen molar-refractivity contribution in [2.24, 2.45) is 0 Å². The van der Waals surface area contributed by atoms with Crippen molar-refractivity contribution in [3.8, 4) is 0 Å². The fraction of sp³-hybridized carbons (Fsp3) is 0.278. The van der Waals surface area contributed by atoms with Gasteiger partial charge in [-0.1, -0.05) is 37.3 Å². The van der Waals surface area contributed by atoms with Crippen LogP contribution in [0.2, 0.25) is 0 Å². The summed E-state index contributed by atoms with van der Waals surface area (Å²) in [5.74, 6) is -0.265. The smallest absolute Gasteiger partial charge is 0.325 e. The summed E-state index contributed by atoms with van der Waals surface area (Å²) in [4.78, 5) is 12.1. The molecule has 0 radical (unpaired) electrons. The van der Waals surface area contributed by atoms with E-state index in [1.807, 2.05) is 25.1 Å². The minimum Gasteiger partial charge on any atom is -0.325 e. The summed E-state index contributed by atoms with van der Waals surface area (Å²) >= 11 is 0. The maximum atomic E-state index is 12.5. The summed E-state index contributed by atoms with van der Waals surface area (Å²) in [7, 11) is 0. The van der Waals surface area contributed by atoms with Crippen molar-refractivity contribution in [3.63, 3.8) is 0 Å². The molecule has 0 aliphatic rings. The molecule has 0 aromatic heterocycles. The Morgan fingerprint density at radius 2 is 1.71 bits per heavy atom. The number of benzene rings is 2. The first-order chi connectivity index (χ1) is 11.4. The van der Waals surface area contributed by atoms with Crippen LogP contribution in [0.1, 0.15) is 23.6 Å². The van der Waals surface area contributed by atoms with Crippen LogP contribution < -0.4 is 10.6 Å². The molecule has 2 N–H and O–H groups in total. The third kappa shape index (κ3) is 5.09. The number of amides is 1. The maximum absolute atomic E-state index is 12.5. The molecule has 2 aromatic carbocycles. The highest BCUT2D eigenvalue weighted by molar-refractivity contribution is 5.93. The first-order valence-electron chi connectivity index (χ1n) is 7.64. The Labute approximate surface area is 138 Å². The third-order valence-corrected chi connectivity index (χ3v) is 3.50. The van der Waals surface area contributed by atoms with Crippen molar-refractivity contribution in [2.45, 2.75) is 26.1 Å². The Balaban J connectivity index is 2.01. The SMILES string of the molecule is CCNCc1ccccc1NC(=O)Cc1ccc(C(F)(F)F)cc1. The highest BCUT2D eigenvalue weighted by atomic mass is 19.4. The molecule has 24 heavy (non-hydrogen) atoms. The van der Waals surface area contributed by atoms with E-state index in [9.17, 15) is 18.0 Å². The number of carbonyl (C=O) groups excluding carboxylic acids is 1. The van der Waals surface area contributed by atoms with Gasteiger partial charge in [0.15, 0.2) is 0 Å². The molecule has 1 amide bonds. The highest BCUT2D eigenvalue weighted by Crippen LogP contribution is 2.29. The van der Waals surface area contributed by atoms with Gasteiger partial charge in [0.2, 0.25) is 5.91 Å². The molecular weight excluding hydrogens is 317 g/mol. The first-order valence-corrected chi connectivity index (χ1v) is 7.64. The minimum absolute atomic E-state index is 0.0215. The van der Waals surface area contributed by atoms with Gasteiger partial charge in [0.1, 0.15) is 0 Å². The van der Waals surface area contributed by atoms with E-state index in [1.165, 1.54) is 12.1 Å².